The van der Waals surface area contributed by atoms with Crippen molar-refractivity contribution >= 4 is 11.3 Å². The highest BCUT2D eigenvalue weighted by molar-refractivity contribution is 7.12. The molecule has 0 N–H and O–H groups in total. The van der Waals surface area contributed by atoms with Crippen LogP contribution in [0.25, 0.3) is 0 Å². The van der Waals surface area contributed by atoms with E-state index in [0.717, 1.165) is 21.3 Å². The van der Waals surface area contributed by atoms with Crippen LogP contribution in [0, 0.1) is 13.8 Å². The lowest BCUT2D eigenvalue weighted by Crippen LogP contribution is -2.46. The van der Waals surface area contributed by atoms with E-state index in [-0.39, 0.29) is 12.2 Å². The number of aryl methyl sites for hydroxylation is 2. The molecule has 0 radical (unpaired) electrons. The first-order valence-corrected chi connectivity index (χ1v) is 30.1. The third-order valence-electron chi connectivity index (χ3n) is 11.0. The van der Waals surface area contributed by atoms with E-state index in [2.05, 4.69) is 0 Å². The molecule has 0 saturated carbocycles. The van der Waals surface area contributed by atoms with Gasteiger partial charge in [-0.3, -0.25) is 0 Å². The van der Waals surface area contributed by atoms with Crippen LogP contribution in [0.5, 0.6) is 11.5 Å². The molecule has 0 fully saturated rings. The second kappa shape index (κ2) is 63.4. The monoisotopic (exact) mass is 1230 g/mol. The summed E-state index contributed by atoms with van der Waals surface area (Å²) in [7, 11) is 3.29. The Morgan fingerprint density at radius 2 is 0.349 bits per heavy atom. The summed E-state index contributed by atoms with van der Waals surface area (Å²) < 4.78 is 145. The van der Waals surface area contributed by atoms with Crippen LogP contribution in [-0.4, -0.2) is 330 Å². The van der Waals surface area contributed by atoms with Crippen LogP contribution in [0.15, 0.2) is 0 Å². The Bertz CT molecular complexity index is 1340. The molecule has 0 aromatic carbocycles. The fourth-order valence-electron chi connectivity index (χ4n) is 6.73. The molecule has 2 unspecified atom stereocenters. The molecule has 26 nitrogen and oxygen atoms in total. The summed E-state index contributed by atoms with van der Waals surface area (Å²) in [6.07, 6.45) is -0.691. The van der Waals surface area contributed by atoms with E-state index < -0.39 is 0 Å². The molecule has 2 atom stereocenters. The SMILES string of the molecule is COCCOCCOCCOCCOCCOCCOCCOCCOCCOCCOCCOCC1Oc2c(C)sc(C)c2OC1COCCOCCOCCOCCOCCOCCOCCOCCOCCOCCOCCOC. The number of fused-ring (bicyclic) bond motifs is 1. The highest BCUT2D eigenvalue weighted by Crippen LogP contribution is 2.45. The van der Waals surface area contributed by atoms with E-state index in [1.54, 1.807) is 25.6 Å². The van der Waals surface area contributed by atoms with Crippen molar-refractivity contribution in [3.8, 4) is 11.5 Å². The fourth-order valence-corrected chi connectivity index (χ4v) is 7.66. The Balaban J connectivity index is 1.29. The third kappa shape index (κ3) is 51.0. The van der Waals surface area contributed by atoms with Gasteiger partial charge in [0.2, 0.25) is 0 Å². The lowest BCUT2D eigenvalue weighted by Gasteiger charge is -2.33. The van der Waals surface area contributed by atoms with Crippen LogP contribution in [0.3, 0.4) is 0 Å². The molecular formula is C56H106O26S. The first kappa shape index (κ1) is 77.4. The number of methoxy groups -OCH3 is 2. The Morgan fingerprint density at radius 3 is 0.494 bits per heavy atom. The maximum atomic E-state index is 6.38. The van der Waals surface area contributed by atoms with Crippen molar-refractivity contribution in [2.75, 3.05) is 318 Å². The number of rotatable bonds is 70. The molecule has 0 bridgehead atoms. The van der Waals surface area contributed by atoms with Crippen LogP contribution >= 0.6 is 11.3 Å². The van der Waals surface area contributed by atoms with Gasteiger partial charge in [0.15, 0.2) is 23.7 Å². The van der Waals surface area contributed by atoms with Crippen LogP contribution < -0.4 is 9.47 Å². The second-order valence-electron chi connectivity index (χ2n) is 17.6. The number of thiophene rings is 1. The molecule has 0 aliphatic carbocycles. The molecule has 0 saturated heterocycles. The molecule has 2 rings (SSSR count). The zero-order valence-corrected chi connectivity index (χ0v) is 51.5. The van der Waals surface area contributed by atoms with Crippen LogP contribution in [0.1, 0.15) is 9.75 Å². The van der Waals surface area contributed by atoms with Crippen molar-refractivity contribution in [2.24, 2.45) is 0 Å². The maximum Gasteiger partial charge on any atom is 0.175 e. The van der Waals surface area contributed by atoms with Gasteiger partial charge in [-0.1, -0.05) is 0 Å². The molecular weight excluding hydrogens is 1120 g/mol. The lowest BCUT2D eigenvalue weighted by molar-refractivity contribution is -0.0789. The summed E-state index contributed by atoms with van der Waals surface area (Å²) >= 11 is 1.65. The Hall–Kier alpha value is -1.66. The van der Waals surface area contributed by atoms with Crippen molar-refractivity contribution in [2.45, 2.75) is 26.1 Å². The fraction of sp³-hybridized carbons (Fsp3) is 0.929. The summed E-state index contributed by atoms with van der Waals surface area (Å²) in [4.78, 5) is 2.13. The molecule has 2 heterocycles. The third-order valence-corrected chi connectivity index (χ3v) is 12.0. The van der Waals surface area contributed by atoms with Gasteiger partial charge in [0, 0.05) is 24.0 Å². The van der Waals surface area contributed by atoms with Gasteiger partial charge in [-0.2, -0.15) is 0 Å². The standard InChI is InChI=1S/C56H106O26S/c1-51-55-56(52(2)83-51)82-54(50-80-48-46-78-44-42-76-40-38-74-36-34-72-32-30-70-28-26-68-24-22-66-20-18-64-16-14-62-12-10-60-8-6-58-4)53(81-55)49-79-47-45-77-43-41-75-39-37-73-35-33-71-31-29-69-27-25-67-23-21-65-19-17-63-15-13-61-11-9-59-7-5-57-3/h53-54H,5-50H2,1-4H3. The number of ether oxygens (including phenoxy) is 26. The summed E-state index contributed by atoms with van der Waals surface area (Å²) in [5.41, 5.74) is 0. The van der Waals surface area contributed by atoms with Crippen LogP contribution in [0.2, 0.25) is 0 Å². The molecule has 0 spiro atoms. The van der Waals surface area contributed by atoms with E-state index in [9.17, 15) is 0 Å². The van der Waals surface area contributed by atoms with E-state index in [4.69, 9.17) is 123 Å². The normalized spacial score (nSPS) is 14.2. The van der Waals surface area contributed by atoms with Gasteiger partial charge in [-0.15, -0.1) is 11.3 Å². The van der Waals surface area contributed by atoms with Gasteiger partial charge in [-0.25, -0.2) is 0 Å². The second-order valence-corrected chi connectivity index (χ2v) is 19.0. The molecule has 1 aliphatic rings. The number of hydrogen-bond acceptors (Lipinski definition) is 27. The number of hydrogen-bond donors (Lipinski definition) is 0. The van der Waals surface area contributed by atoms with Crippen LogP contribution in [0.4, 0.5) is 0 Å². The summed E-state index contributed by atoms with van der Waals surface area (Å²) in [5, 5.41) is 0. The first-order chi connectivity index (χ1) is 41.2. The highest BCUT2D eigenvalue weighted by Gasteiger charge is 2.35. The van der Waals surface area contributed by atoms with Gasteiger partial charge < -0.3 is 123 Å². The van der Waals surface area contributed by atoms with Crippen molar-refractivity contribution in [1.29, 1.82) is 0 Å². The molecule has 0 amide bonds. The Morgan fingerprint density at radius 1 is 0.217 bits per heavy atom. The van der Waals surface area contributed by atoms with Gasteiger partial charge in [0.25, 0.3) is 0 Å². The zero-order valence-electron chi connectivity index (χ0n) is 50.7. The predicted molar refractivity (Wildman–Crippen MR) is 304 cm³/mol. The molecule has 492 valence electrons. The highest BCUT2D eigenvalue weighted by atomic mass is 32.1. The summed E-state index contributed by atoms with van der Waals surface area (Å²) in [5.74, 6) is 1.54. The van der Waals surface area contributed by atoms with Gasteiger partial charge >= 0.3 is 0 Å². The maximum absolute atomic E-state index is 6.38. The molecule has 27 heteroatoms. The minimum absolute atomic E-state index is 0.324. The molecule has 1 aromatic heterocycles. The minimum Gasteiger partial charge on any atom is -0.479 e. The van der Waals surface area contributed by atoms with E-state index >= 15 is 0 Å². The zero-order chi connectivity index (χ0) is 59.1. The van der Waals surface area contributed by atoms with E-state index in [1.165, 1.54) is 0 Å². The smallest absolute Gasteiger partial charge is 0.175 e. The van der Waals surface area contributed by atoms with Gasteiger partial charge in [0.05, 0.1) is 304 Å². The quantitative estimate of drug-likeness (QED) is 0.0852. The van der Waals surface area contributed by atoms with E-state index in [0.29, 0.717) is 304 Å². The first-order valence-electron chi connectivity index (χ1n) is 29.3. The molecule has 1 aromatic rings. The van der Waals surface area contributed by atoms with Crippen molar-refractivity contribution in [1.82, 2.24) is 0 Å². The Labute approximate surface area is 498 Å². The lowest BCUT2D eigenvalue weighted by atomic mass is 10.2. The molecule has 1 aliphatic heterocycles. The molecule has 83 heavy (non-hydrogen) atoms. The minimum atomic E-state index is -0.345. The Kier molecular flexibility index (Phi) is 59.1. The largest absolute Gasteiger partial charge is 0.479 e. The van der Waals surface area contributed by atoms with Gasteiger partial charge in [0.1, 0.15) is 0 Å². The van der Waals surface area contributed by atoms with Crippen LogP contribution in [-0.2, 0) is 114 Å². The van der Waals surface area contributed by atoms with Crippen molar-refractivity contribution in [3.05, 3.63) is 9.75 Å². The van der Waals surface area contributed by atoms with Crippen molar-refractivity contribution in [3.63, 3.8) is 0 Å². The van der Waals surface area contributed by atoms with E-state index in [1.807, 2.05) is 13.8 Å². The van der Waals surface area contributed by atoms with Crippen molar-refractivity contribution < 1.29 is 123 Å². The summed E-state index contributed by atoms with van der Waals surface area (Å²) in [6, 6.07) is 0. The topological polar surface area (TPSA) is 240 Å². The predicted octanol–water partition coefficient (Wildman–Crippen LogP) is 2.53. The van der Waals surface area contributed by atoms with Gasteiger partial charge in [-0.05, 0) is 13.8 Å². The average Bonchev–Trinajstić information content (AvgIpc) is 3.85. The average molecular weight is 1230 g/mol. The summed E-state index contributed by atoms with van der Waals surface area (Å²) in [6.45, 7) is 26.4.